The van der Waals surface area contributed by atoms with E-state index in [1.165, 1.54) is 0 Å². The van der Waals surface area contributed by atoms with Gasteiger partial charge in [0.1, 0.15) is 23.6 Å². The van der Waals surface area contributed by atoms with Crippen LogP contribution in [-0.2, 0) is 33.3 Å². The maximum absolute atomic E-state index is 12.4. The van der Waals surface area contributed by atoms with Gasteiger partial charge in [0, 0.05) is 13.0 Å². The van der Waals surface area contributed by atoms with Gasteiger partial charge in [-0.15, -0.1) is 0 Å². The fraction of sp³-hybridized carbons (Fsp3) is 0.923. The molecule has 0 aliphatic carbocycles. The Bertz CT molecular complexity index is 709. The van der Waals surface area contributed by atoms with Crippen molar-refractivity contribution in [2.45, 2.75) is 55.8 Å². The van der Waals surface area contributed by atoms with Gasteiger partial charge in [-0.2, -0.15) is 8.42 Å². The monoisotopic (exact) mass is 346 g/mol. The molecular weight excluding hydrogens is 328 g/mol. The first-order valence-electron chi connectivity index (χ1n) is 7.69. The molecule has 10 heteroatoms. The van der Waals surface area contributed by atoms with E-state index in [-0.39, 0.29) is 18.2 Å². The number of amides is 1. The Morgan fingerprint density at radius 1 is 1.30 bits per heavy atom. The lowest BCUT2D eigenvalue weighted by molar-refractivity contribution is -0.222. The smallest absolute Gasteiger partial charge is 0.271 e. The van der Waals surface area contributed by atoms with Crippen LogP contribution in [0.15, 0.2) is 0 Å². The molecule has 5 aliphatic heterocycles. The lowest BCUT2D eigenvalue weighted by atomic mass is 9.82. The molecule has 5 aliphatic rings. The first-order chi connectivity index (χ1) is 10.7. The van der Waals surface area contributed by atoms with Gasteiger partial charge in [0.05, 0.1) is 6.54 Å². The number of hydrogen-bond donors (Lipinski definition) is 1. The first-order valence-corrected chi connectivity index (χ1v) is 9.27. The number of hydrogen-bond acceptors (Lipinski definition) is 8. The average Bonchev–Trinajstić information content (AvgIpc) is 3.00. The highest BCUT2D eigenvalue weighted by Gasteiger charge is 2.83. The average molecular weight is 346 g/mol. The van der Waals surface area contributed by atoms with Crippen molar-refractivity contribution in [1.82, 2.24) is 10.2 Å². The van der Waals surface area contributed by atoms with Crippen LogP contribution >= 0.6 is 0 Å². The summed E-state index contributed by atoms with van der Waals surface area (Å²) in [5, 5.41) is 3.23. The molecule has 5 atom stereocenters. The second-order valence-corrected chi connectivity index (χ2v) is 8.74. The molecule has 5 heterocycles. The van der Waals surface area contributed by atoms with Crippen molar-refractivity contribution in [2.75, 3.05) is 18.8 Å². The number of rotatable bonds is 0. The van der Waals surface area contributed by atoms with E-state index in [4.69, 9.17) is 18.4 Å². The molecule has 1 N–H and O–H groups in total. The van der Waals surface area contributed by atoms with Crippen LogP contribution in [0, 0.1) is 0 Å². The summed E-state index contributed by atoms with van der Waals surface area (Å²) in [6.45, 7) is 4.14. The Morgan fingerprint density at radius 3 is 2.87 bits per heavy atom. The van der Waals surface area contributed by atoms with Gasteiger partial charge >= 0.3 is 0 Å². The van der Waals surface area contributed by atoms with Gasteiger partial charge in [0.25, 0.3) is 10.1 Å². The fourth-order valence-corrected chi connectivity index (χ4v) is 6.56. The minimum Gasteiger partial charge on any atom is -0.341 e. The van der Waals surface area contributed by atoms with Gasteiger partial charge in [-0.25, -0.2) is 0 Å². The molecule has 0 saturated carbocycles. The van der Waals surface area contributed by atoms with Crippen LogP contribution < -0.4 is 5.32 Å². The largest absolute Gasteiger partial charge is 0.341 e. The zero-order valence-corrected chi connectivity index (χ0v) is 13.6. The standard InChI is InChI=1S/C13H18N2O7S/c1-11(2)20-9-10(21-11)19-7-5-15-8(16)3-4-14-12(15)6-23(17,18)22-13(7,9)12/h7,9-10,14H,3-6H2,1-2H3/t7-,9+,10-,12+,13-/m1/s1. The van der Waals surface area contributed by atoms with Crippen LogP contribution in [0.5, 0.6) is 0 Å². The minimum absolute atomic E-state index is 0.100. The number of ether oxygens (including phenoxy) is 3. The lowest BCUT2D eigenvalue weighted by Crippen LogP contribution is -2.74. The number of carbonyl (C=O) groups excluding carboxylic acids is 1. The maximum atomic E-state index is 12.4. The Balaban J connectivity index is 1.69. The first kappa shape index (κ1) is 14.6. The zero-order valence-electron chi connectivity index (χ0n) is 12.8. The topological polar surface area (TPSA) is 103 Å². The van der Waals surface area contributed by atoms with Crippen molar-refractivity contribution in [3.05, 3.63) is 0 Å². The van der Waals surface area contributed by atoms with E-state index in [9.17, 15) is 13.2 Å². The van der Waals surface area contributed by atoms with E-state index in [0.29, 0.717) is 13.0 Å². The summed E-state index contributed by atoms with van der Waals surface area (Å²) in [6, 6.07) is 0. The lowest BCUT2D eigenvalue weighted by Gasteiger charge is -2.46. The highest BCUT2D eigenvalue weighted by Crippen LogP contribution is 2.59. The predicted octanol–water partition coefficient (Wildman–Crippen LogP) is -1.51. The van der Waals surface area contributed by atoms with Crippen molar-refractivity contribution in [3.8, 4) is 0 Å². The third kappa shape index (κ3) is 1.55. The molecule has 5 rings (SSSR count). The van der Waals surface area contributed by atoms with Crippen LogP contribution in [0.1, 0.15) is 20.3 Å². The molecule has 128 valence electrons. The summed E-state index contributed by atoms with van der Waals surface area (Å²) >= 11 is 0. The molecule has 0 aromatic carbocycles. The second-order valence-electron chi connectivity index (χ2n) is 7.17. The predicted molar refractivity (Wildman–Crippen MR) is 73.4 cm³/mol. The van der Waals surface area contributed by atoms with Crippen LogP contribution in [-0.4, -0.2) is 73.6 Å². The van der Waals surface area contributed by atoms with Gasteiger partial charge < -0.3 is 19.1 Å². The molecule has 5 saturated heterocycles. The highest BCUT2D eigenvalue weighted by atomic mass is 32.2. The molecule has 0 bridgehead atoms. The van der Waals surface area contributed by atoms with Gasteiger partial charge in [0.2, 0.25) is 5.91 Å². The Morgan fingerprint density at radius 2 is 2.09 bits per heavy atom. The van der Waals surface area contributed by atoms with Crippen molar-refractivity contribution in [1.29, 1.82) is 0 Å². The van der Waals surface area contributed by atoms with E-state index in [2.05, 4.69) is 5.32 Å². The Hall–Kier alpha value is -0.780. The van der Waals surface area contributed by atoms with Gasteiger partial charge in [-0.1, -0.05) is 0 Å². The van der Waals surface area contributed by atoms with Crippen molar-refractivity contribution in [3.63, 3.8) is 0 Å². The molecule has 5 fully saturated rings. The molecule has 0 aromatic rings. The summed E-state index contributed by atoms with van der Waals surface area (Å²) in [6.07, 6.45) is -1.72. The summed E-state index contributed by atoms with van der Waals surface area (Å²) in [5.74, 6) is -1.31. The third-order valence-corrected chi connectivity index (χ3v) is 6.72. The molecule has 0 aromatic heterocycles. The van der Waals surface area contributed by atoms with E-state index >= 15 is 0 Å². The summed E-state index contributed by atoms with van der Waals surface area (Å²) in [5.41, 5.74) is -2.46. The van der Waals surface area contributed by atoms with E-state index in [0.717, 1.165) is 0 Å². The normalized spacial score (nSPS) is 52.2. The zero-order chi connectivity index (χ0) is 16.3. The quantitative estimate of drug-likeness (QED) is 0.528. The third-order valence-electron chi connectivity index (χ3n) is 5.42. The molecule has 0 radical (unpaired) electrons. The van der Waals surface area contributed by atoms with Crippen LogP contribution in [0.2, 0.25) is 0 Å². The van der Waals surface area contributed by atoms with E-state index in [1.54, 1.807) is 18.7 Å². The minimum atomic E-state index is -3.82. The van der Waals surface area contributed by atoms with Gasteiger partial charge in [-0.3, -0.25) is 14.3 Å². The van der Waals surface area contributed by atoms with Crippen molar-refractivity contribution in [2.24, 2.45) is 0 Å². The van der Waals surface area contributed by atoms with Crippen LogP contribution in [0.3, 0.4) is 0 Å². The molecule has 1 amide bonds. The molecule has 2 spiro atoms. The van der Waals surface area contributed by atoms with Gasteiger partial charge in [-0.05, 0) is 13.8 Å². The highest BCUT2D eigenvalue weighted by molar-refractivity contribution is 7.87. The van der Waals surface area contributed by atoms with Crippen LogP contribution in [0.25, 0.3) is 0 Å². The molecule has 23 heavy (non-hydrogen) atoms. The number of carbonyl (C=O) groups is 1. The Labute approximate surface area is 133 Å². The number of nitrogens with one attached hydrogen (secondary N) is 1. The van der Waals surface area contributed by atoms with Gasteiger partial charge in [0.15, 0.2) is 17.7 Å². The maximum Gasteiger partial charge on any atom is 0.271 e. The van der Waals surface area contributed by atoms with E-state index in [1.807, 2.05) is 0 Å². The number of fused-ring (bicyclic) bond motifs is 1. The second kappa shape index (κ2) is 3.89. The Kier molecular flexibility index (Phi) is 2.46. The fourth-order valence-electron chi connectivity index (χ4n) is 4.75. The SMILES string of the molecule is CC1(C)O[C@H]2O[C@@H]3CN4C(=O)CCN[C@@]45CS(=O)(=O)O[C@@]35[C@H]2O1. The summed E-state index contributed by atoms with van der Waals surface area (Å²) in [7, 11) is -3.82. The molecular formula is C13H18N2O7S. The van der Waals surface area contributed by atoms with Crippen LogP contribution in [0.4, 0.5) is 0 Å². The molecule has 0 unspecified atom stereocenters. The van der Waals surface area contributed by atoms with Crippen molar-refractivity contribution >= 4 is 16.0 Å². The number of nitrogens with zero attached hydrogens (tertiary/aromatic N) is 1. The van der Waals surface area contributed by atoms with E-state index < -0.39 is 45.7 Å². The summed E-state index contributed by atoms with van der Waals surface area (Å²) < 4.78 is 47.8. The molecule has 9 nitrogen and oxygen atoms in total. The summed E-state index contributed by atoms with van der Waals surface area (Å²) in [4.78, 5) is 13.9. The van der Waals surface area contributed by atoms with Crippen molar-refractivity contribution < 1.29 is 31.6 Å².